The third kappa shape index (κ3) is 3.06. The number of Topliss-reactive ketones (excluding diaryl/α,β-unsaturated/α-hetero) is 1. The first-order valence-corrected chi connectivity index (χ1v) is 8.52. The third-order valence-electron chi connectivity index (χ3n) is 4.67. The van der Waals surface area contributed by atoms with Crippen LogP contribution in [-0.2, 0) is 4.79 Å². The second-order valence-electron chi connectivity index (χ2n) is 6.41. The Hall–Kier alpha value is -2.92. The predicted molar refractivity (Wildman–Crippen MR) is 96.6 cm³/mol. The standard InChI is InChI=1S/C20H19N3O2/c24-17(12-23-11-10-21-18(25)13-23)19-15-8-4-5-9-16(15)22-20(19)14-6-2-1-3-7-14/h1-9,22H,10-13H2,(H,21,25)/p+1. The third-order valence-corrected chi connectivity index (χ3v) is 4.67. The molecule has 0 radical (unpaired) electrons. The first kappa shape index (κ1) is 15.6. The van der Waals surface area contributed by atoms with Gasteiger partial charge in [-0.05, 0) is 11.6 Å². The van der Waals surface area contributed by atoms with Gasteiger partial charge < -0.3 is 15.2 Å². The number of aromatic nitrogens is 1. The van der Waals surface area contributed by atoms with Gasteiger partial charge in [0.25, 0.3) is 5.91 Å². The van der Waals surface area contributed by atoms with Crippen LogP contribution < -0.4 is 10.2 Å². The van der Waals surface area contributed by atoms with Crippen LogP contribution in [-0.4, -0.2) is 42.9 Å². The van der Waals surface area contributed by atoms with Gasteiger partial charge >= 0.3 is 0 Å². The first-order valence-electron chi connectivity index (χ1n) is 8.52. The molecule has 0 aliphatic carbocycles. The van der Waals surface area contributed by atoms with Crippen molar-refractivity contribution in [3.05, 3.63) is 60.2 Å². The van der Waals surface area contributed by atoms with E-state index < -0.39 is 0 Å². The van der Waals surface area contributed by atoms with Crippen molar-refractivity contribution < 1.29 is 14.5 Å². The van der Waals surface area contributed by atoms with Gasteiger partial charge in [0, 0.05) is 10.9 Å². The van der Waals surface area contributed by atoms with Crippen molar-refractivity contribution in [2.75, 3.05) is 26.2 Å². The van der Waals surface area contributed by atoms with Crippen molar-refractivity contribution >= 4 is 22.6 Å². The average molecular weight is 334 g/mol. The molecule has 1 amide bonds. The summed E-state index contributed by atoms with van der Waals surface area (Å²) in [6.07, 6.45) is 0. The second kappa shape index (κ2) is 6.53. The molecule has 126 valence electrons. The van der Waals surface area contributed by atoms with Gasteiger partial charge in [-0.25, -0.2) is 0 Å². The van der Waals surface area contributed by atoms with E-state index in [9.17, 15) is 9.59 Å². The number of carbonyl (C=O) groups excluding carboxylic acids is 2. The number of nitrogens with one attached hydrogen (secondary N) is 3. The highest BCUT2D eigenvalue weighted by molar-refractivity contribution is 6.13. The molecule has 25 heavy (non-hydrogen) atoms. The van der Waals surface area contributed by atoms with E-state index in [1.165, 1.54) is 0 Å². The molecule has 2 aromatic carbocycles. The Morgan fingerprint density at radius 2 is 1.80 bits per heavy atom. The number of fused-ring (bicyclic) bond motifs is 1. The number of carbonyl (C=O) groups is 2. The van der Waals surface area contributed by atoms with Crippen molar-refractivity contribution in [3.63, 3.8) is 0 Å². The van der Waals surface area contributed by atoms with Crippen molar-refractivity contribution in [3.8, 4) is 11.3 Å². The highest BCUT2D eigenvalue weighted by atomic mass is 16.2. The molecular weight excluding hydrogens is 314 g/mol. The van der Waals surface area contributed by atoms with E-state index in [1.54, 1.807) is 0 Å². The fourth-order valence-electron chi connectivity index (χ4n) is 3.48. The number of piperazine rings is 1. The number of para-hydroxylation sites is 1. The van der Waals surface area contributed by atoms with Crippen LogP contribution in [0.25, 0.3) is 22.2 Å². The number of rotatable bonds is 4. The minimum atomic E-state index is 0.0104. The molecule has 1 aliphatic rings. The van der Waals surface area contributed by atoms with Crippen LogP contribution >= 0.6 is 0 Å². The zero-order valence-electron chi connectivity index (χ0n) is 13.8. The number of ketones is 1. The largest absolute Gasteiger partial charge is 0.354 e. The van der Waals surface area contributed by atoms with Crippen LogP contribution in [0.15, 0.2) is 54.6 Å². The van der Waals surface area contributed by atoms with E-state index in [-0.39, 0.29) is 11.7 Å². The van der Waals surface area contributed by atoms with Crippen molar-refractivity contribution in [1.82, 2.24) is 10.3 Å². The molecule has 2 heterocycles. The number of aromatic amines is 1. The Kier molecular flexibility index (Phi) is 4.07. The number of hydrogen-bond acceptors (Lipinski definition) is 2. The molecule has 5 heteroatoms. The van der Waals surface area contributed by atoms with Gasteiger partial charge in [-0.3, -0.25) is 9.59 Å². The molecule has 1 aliphatic heterocycles. The Labute approximate surface area is 145 Å². The van der Waals surface area contributed by atoms with E-state index in [0.717, 1.165) is 39.2 Å². The topological polar surface area (TPSA) is 66.4 Å². The molecule has 3 aromatic rings. The van der Waals surface area contributed by atoms with Gasteiger partial charge in [0.05, 0.1) is 24.3 Å². The lowest BCUT2D eigenvalue weighted by molar-refractivity contribution is -0.884. The summed E-state index contributed by atoms with van der Waals surface area (Å²) in [5, 5.41) is 3.75. The zero-order chi connectivity index (χ0) is 17.2. The molecule has 3 N–H and O–H groups in total. The highest BCUT2D eigenvalue weighted by Gasteiger charge is 2.26. The first-order chi connectivity index (χ1) is 12.2. The quantitative estimate of drug-likeness (QED) is 0.624. The number of H-pyrrole nitrogens is 1. The van der Waals surface area contributed by atoms with Crippen molar-refractivity contribution in [2.45, 2.75) is 0 Å². The molecule has 0 saturated carbocycles. The summed E-state index contributed by atoms with van der Waals surface area (Å²) in [6.45, 7) is 2.09. The lowest BCUT2D eigenvalue weighted by Crippen LogP contribution is -3.16. The summed E-state index contributed by atoms with van der Waals surface area (Å²) in [4.78, 5) is 29.1. The van der Waals surface area contributed by atoms with Crippen LogP contribution in [0.2, 0.25) is 0 Å². The second-order valence-corrected chi connectivity index (χ2v) is 6.41. The maximum Gasteiger partial charge on any atom is 0.275 e. The Morgan fingerprint density at radius 3 is 2.60 bits per heavy atom. The lowest BCUT2D eigenvalue weighted by Gasteiger charge is -2.23. The number of benzene rings is 2. The predicted octanol–water partition coefficient (Wildman–Crippen LogP) is 1.03. The lowest BCUT2D eigenvalue weighted by atomic mass is 10.0. The normalized spacial score (nSPS) is 17.4. The number of amides is 1. The molecule has 0 spiro atoms. The van der Waals surface area contributed by atoms with Gasteiger partial charge in [-0.2, -0.15) is 0 Å². The molecular formula is C20H20N3O2+. The molecule has 0 bridgehead atoms. The molecule has 1 fully saturated rings. The summed E-state index contributed by atoms with van der Waals surface area (Å²) >= 11 is 0. The molecule has 1 atom stereocenters. The Balaban J connectivity index is 1.74. The number of hydrogen-bond donors (Lipinski definition) is 3. The molecule has 1 aromatic heterocycles. The Morgan fingerprint density at radius 1 is 1.04 bits per heavy atom. The molecule has 4 rings (SSSR count). The fraction of sp³-hybridized carbons (Fsp3) is 0.200. The Bertz CT molecular complexity index is 931. The molecule has 1 unspecified atom stereocenters. The van der Waals surface area contributed by atoms with Crippen LogP contribution in [0.4, 0.5) is 0 Å². The molecule has 5 nitrogen and oxygen atoms in total. The fourth-order valence-corrected chi connectivity index (χ4v) is 3.48. The maximum absolute atomic E-state index is 13.1. The minimum Gasteiger partial charge on any atom is -0.354 e. The minimum absolute atomic E-state index is 0.0104. The van der Waals surface area contributed by atoms with Crippen LogP contribution in [0.3, 0.4) is 0 Å². The van der Waals surface area contributed by atoms with Crippen LogP contribution in [0.1, 0.15) is 10.4 Å². The van der Waals surface area contributed by atoms with Crippen molar-refractivity contribution in [1.29, 1.82) is 0 Å². The monoisotopic (exact) mass is 334 g/mol. The van der Waals surface area contributed by atoms with Gasteiger partial charge in [0.2, 0.25) is 5.78 Å². The molecule has 1 saturated heterocycles. The van der Waals surface area contributed by atoms with Crippen molar-refractivity contribution in [2.24, 2.45) is 0 Å². The smallest absolute Gasteiger partial charge is 0.275 e. The van der Waals surface area contributed by atoms with E-state index in [0.29, 0.717) is 19.6 Å². The zero-order valence-corrected chi connectivity index (χ0v) is 13.8. The van der Waals surface area contributed by atoms with E-state index >= 15 is 0 Å². The van der Waals surface area contributed by atoms with Gasteiger partial charge in [-0.1, -0.05) is 48.5 Å². The summed E-state index contributed by atoms with van der Waals surface area (Å²) in [5.74, 6) is 0.0808. The van der Waals surface area contributed by atoms with Gasteiger partial charge in [0.1, 0.15) is 6.54 Å². The summed E-state index contributed by atoms with van der Waals surface area (Å²) < 4.78 is 0. The van der Waals surface area contributed by atoms with Crippen LogP contribution in [0.5, 0.6) is 0 Å². The number of quaternary nitrogens is 1. The summed E-state index contributed by atoms with van der Waals surface area (Å²) in [7, 11) is 0. The summed E-state index contributed by atoms with van der Waals surface area (Å²) in [5.41, 5.74) is 3.53. The highest BCUT2D eigenvalue weighted by Crippen LogP contribution is 2.30. The van der Waals surface area contributed by atoms with Gasteiger partial charge in [-0.15, -0.1) is 0 Å². The average Bonchev–Trinajstić information content (AvgIpc) is 3.02. The van der Waals surface area contributed by atoms with E-state index in [2.05, 4.69) is 10.3 Å². The van der Waals surface area contributed by atoms with Gasteiger partial charge in [0.15, 0.2) is 6.54 Å². The summed E-state index contributed by atoms with van der Waals surface area (Å²) in [6, 6.07) is 17.8. The van der Waals surface area contributed by atoms with E-state index in [1.807, 2.05) is 54.6 Å². The SMILES string of the molecule is O=C1C[NH+](CC(=O)c2c(-c3ccccc3)[nH]c3ccccc23)CCN1. The van der Waals surface area contributed by atoms with E-state index in [4.69, 9.17) is 0 Å². The maximum atomic E-state index is 13.1. The van der Waals surface area contributed by atoms with Crippen LogP contribution in [0, 0.1) is 0 Å².